The molecule has 2 heterocycles. The molecule has 0 saturated carbocycles. The van der Waals surface area contributed by atoms with Gasteiger partial charge in [-0.3, -0.25) is 10.00 Å². The van der Waals surface area contributed by atoms with E-state index in [9.17, 15) is 0 Å². The second-order valence-corrected chi connectivity index (χ2v) is 4.85. The highest BCUT2D eigenvalue weighted by Gasteiger charge is 2.09. The maximum Gasteiger partial charge on any atom is 0.0653 e. The first-order valence-electron chi connectivity index (χ1n) is 6.64. The van der Waals surface area contributed by atoms with Gasteiger partial charge in [-0.15, -0.1) is 0 Å². The minimum atomic E-state index is 0.889. The van der Waals surface area contributed by atoms with Gasteiger partial charge in [-0.25, -0.2) is 0 Å². The Kier molecular flexibility index (Phi) is 3.57. The molecule has 0 atom stereocenters. The van der Waals surface area contributed by atoms with Gasteiger partial charge in [0.2, 0.25) is 0 Å². The second kappa shape index (κ2) is 5.50. The SMILES string of the molecule is c1cc2cn[nH]c2cc1CCCN1CCOCC1. The summed E-state index contributed by atoms with van der Waals surface area (Å²) < 4.78 is 5.35. The molecule has 1 aromatic carbocycles. The normalized spacial score (nSPS) is 17.3. The standard InChI is InChI=1S/C14H19N3O/c1(5-17-6-8-18-9-7-17)2-12-3-4-13-11-15-16-14(13)10-12/h3-4,10-11H,1-2,5-9H2,(H,15,16). The third kappa shape index (κ3) is 2.71. The van der Waals surface area contributed by atoms with E-state index in [2.05, 4.69) is 33.3 Å². The zero-order chi connectivity index (χ0) is 12.2. The minimum Gasteiger partial charge on any atom is -0.379 e. The monoisotopic (exact) mass is 245 g/mol. The summed E-state index contributed by atoms with van der Waals surface area (Å²) in [4.78, 5) is 2.48. The highest BCUT2D eigenvalue weighted by molar-refractivity contribution is 5.78. The van der Waals surface area contributed by atoms with Crippen molar-refractivity contribution in [2.45, 2.75) is 12.8 Å². The first-order valence-corrected chi connectivity index (χ1v) is 6.64. The van der Waals surface area contributed by atoms with Gasteiger partial charge in [0, 0.05) is 18.5 Å². The number of nitrogens with one attached hydrogen (secondary N) is 1. The summed E-state index contributed by atoms with van der Waals surface area (Å²) in [6.07, 6.45) is 4.21. The molecule has 18 heavy (non-hydrogen) atoms. The number of aryl methyl sites for hydroxylation is 1. The van der Waals surface area contributed by atoms with Crippen LogP contribution in [0.1, 0.15) is 12.0 Å². The fraction of sp³-hybridized carbons (Fsp3) is 0.500. The number of rotatable bonds is 4. The second-order valence-electron chi connectivity index (χ2n) is 4.85. The van der Waals surface area contributed by atoms with Crippen molar-refractivity contribution in [2.75, 3.05) is 32.8 Å². The molecule has 4 nitrogen and oxygen atoms in total. The van der Waals surface area contributed by atoms with Crippen molar-refractivity contribution in [3.63, 3.8) is 0 Å². The van der Waals surface area contributed by atoms with Gasteiger partial charge in [0.25, 0.3) is 0 Å². The Morgan fingerprint density at radius 2 is 2.17 bits per heavy atom. The van der Waals surface area contributed by atoms with Crippen LogP contribution in [0.3, 0.4) is 0 Å². The van der Waals surface area contributed by atoms with Gasteiger partial charge in [-0.2, -0.15) is 5.10 Å². The number of aromatic nitrogens is 2. The zero-order valence-corrected chi connectivity index (χ0v) is 10.6. The summed E-state index contributed by atoms with van der Waals surface area (Å²) in [5, 5.41) is 8.26. The van der Waals surface area contributed by atoms with Crippen LogP contribution in [0.15, 0.2) is 24.4 Å². The summed E-state index contributed by atoms with van der Waals surface area (Å²) in [5.41, 5.74) is 2.53. The average Bonchev–Trinajstić information content (AvgIpc) is 2.87. The maximum absolute atomic E-state index is 5.35. The van der Waals surface area contributed by atoms with Crippen molar-refractivity contribution in [1.82, 2.24) is 15.1 Å². The highest BCUT2D eigenvalue weighted by atomic mass is 16.5. The van der Waals surface area contributed by atoms with Gasteiger partial charge in [-0.05, 0) is 31.0 Å². The molecule has 1 saturated heterocycles. The fourth-order valence-electron chi connectivity index (χ4n) is 2.47. The number of hydrogen-bond donors (Lipinski definition) is 1. The van der Waals surface area contributed by atoms with E-state index in [0.717, 1.165) is 38.2 Å². The lowest BCUT2D eigenvalue weighted by atomic mass is 10.1. The van der Waals surface area contributed by atoms with Gasteiger partial charge in [0.05, 0.1) is 24.9 Å². The van der Waals surface area contributed by atoms with Crippen LogP contribution in [0.25, 0.3) is 10.9 Å². The van der Waals surface area contributed by atoms with Crippen LogP contribution in [-0.4, -0.2) is 47.9 Å². The summed E-state index contributed by atoms with van der Waals surface area (Å²) >= 11 is 0. The number of morpholine rings is 1. The van der Waals surface area contributed by atoms with Crippen LogP contribution in [0.5, 0.6) is 0 Å². The number of H-pyrrole nitrogens is 1. The topological polar surface area (TPSA) is 41.2 Å². The van der Waals surface area contributed by atoms with E-state index < -0.39 is 0 Å². The Labute approximate surface area is 107 Å². The number of hydrogen-bond acceptors (Lipinski definition) is 3. The Balaban J connectivity index is 1.52. The van der Waals surface area contributed by atoms with E-state index in [1.165, 1.54) is 23.9 Å². The predicted octanol–water partition coefficient (Wildman–Crippen LogP) is 1.83. The number of fused-ring (bicyclic) bond motifs is 1. The highest BCUT2D eigenvalue weighted by Crippen LogP contribution is 2.14. The largest absolute Gasteiger partial charge is 0.379 e. The zero-order valence-electron chi connectivity index (χ0n) is 10.6. The molecule has 0 bridgehead atoms. The van der Waals surface area contributed by atoms with Gasteiger partial charge < -0.3 is 4.74 Å². The summed E-state index contributed by atoms with van der Waals surface area (Å²) in [6.45, 7) is 5.11. The first-order chi connectivity index (χ1) is 8.92. The van der Waals surface area contributed by atoms with Crippen molar-refractivity contribution in [3.05, 3.63) is 30.0 Å². The van der Waals surface area contributed by atoms with Crippen LogP contribution >= 0.6 is 0 Å². The molecular formula is C14H19N3O. The molecule has 1 N–H and O–H groups in total. The van der Waals surface area contributed by atoms with Gasteiger partial charge in [0.15, 0.2) is 0 Å². The third-order valence-corrected chi connectivity index (χ3v) is 3.55. The lowest BCUT2D eigenvalue weighted by Crippen LogP contribution is -2.36. The Morgan fingerprint density at radius 3 is 3.06 bits per heavy atom. The van der Waals surface area contributed by atoms with Crippen LogP contribution in [-0.2, 0) is 11.2 Å². The molecule has 0 spiro atoms. The van der Waals surface area contributed by atoms with Crippen molar-refractivity contribution >= 4 is 10.9 Å². The molecule has 2 aromatic rings. The lowest BCUT2D eigenvalue weighted by molar-refractivity contribution is 0.0375. The molecule has 0 amide bonds. The maximum atomic E-state index is 5.35. The Hall–Kier alpha value is -1.39. The average molecular weight is 245 g/mol. The summed E-state index contributed by atoms with van der Waals surface area (Å²) in [5.74, 6) is 0. The van der Waals surface area contributed by atoms with E-state index in [-0.39, 0.29) is 0 Å². The molecule has 0 aliphatic carbocycles. The number of ether oxygens (including phenoxy) is 1. The van der Waals surface area contributed by atoms with Crippen molar-refractivity contribution in [2.24, 2.45) is 0 Å². The fourth-order valence-corrected chi connectivity index (χ4v) is 2.47. The Bertz CT molecular complexity index is 502. The van der Waals surface area contributed by atoms with Gasteiger partial charge in [-0.1, -0.05) is 12.1 Å². The summed E-state index contributed by atoms with van der Waals surface area (Å²) in [7, 11) is 0. The molecule has 1 aliphatic heterocycles. The lowest BCUT2D eigenvalue weighted by Gasteiger charge is -2.26. The number of aromatic amines is 1. The molecule has 3 rings (SSSR count). The predicted molar refractivity (Wildman–Crippen MR) is 71.7 cm³/mol. The minimum absolute atomic E-state index is 0.889. The smallest absolute Gasteiger partial charge is 0.0653 e. The summed E-state index contributed by atoms with van der Waals surface area (Å²) in [6, 6.07) is 6.56. The van der Waals surface area contributed by atoms with E-state index >= 15 is 0 Å². The third-order valence-electron chi connectivity index (χ3n) is 3.55. The van der Waals surface area contributed by atoms with E-state index in [1.807, 2.05) is 6.20 Å². The van der Waals surface area contributed by atoms with Crippen molar-refractivity contribution in [3.8, 4) is 0 Å². The number of benzene rings is 1. The van der Waals surface area contributed by atoms with E-state index in [4.69, 9.17) is 4.74 Å². The van der Waals surface area contributed by atoms with Crippen molar-refractivity contribution in [1.29, 1.82) is 0 Å². The molecule has 1 fully saturated rings. The molecule has 4 heteroatoms. The molecule has 0 radical (unpaired) electrons. The molecule has 96 valence electrons. The van der Waals surface area contributed by atoms with Crippen LogP contribution in [0, 0.1) is 0 Å². The quantitative estimate of drug-likeness (QED) is 0.893. The van der Waals surface area contributed by atoms with Crippen LogP contribution in [0.2, 0.25) is 0 Å². The van der Waals surface area contributed by atoms with Crippen molar-refractivity contribution < 1.29 is 4.74 Å². The van der Waals surface area contributed by atoms with Gasteiger partial charge in [0.1, 0.15) is 0 Å². The molecule has 1 aliphatic rings. The first kappa shape index (κ1) is 11.7. The molecule has 1 aromatic heterocycles. The number of nitrogens with zero attached hydrogens (tertiary/aromatic N) is 2. The molecular weight excluding hydrogens is 226 g/mol. The Morgan fingerprint density at radius 1 is 1.28 bits per heavy atom. The molecule has 0 unspecified atom stereocenters. The van der Waals surface area contributed by atoms with Gasteiger partial charge >= 0.3 is 0 Å². The van der Waals surface area contributed by atoms with Crippen LogP contribution < -0.4 is 0 Å². The van der Waals surface area contributed by atoms with E-state index in [0.29, 0.717) is 0 Å². The van der Waals surface area contributed by atoms with Crippen LogP contribution in [0.4, 0.5) is 0 Å². The van der Waals surface area contributed by atoms with E-state index in [1.54, 1.807) is 0 Å².